The zero-order valence-electron chi connectivity index (χ0n) is 39.0. The van der Waals surface area contributed by atoms with Crippen LogP contribution in [0.1, 0.15) is 118 Å². The van der Waals surface area contributed by atoms with Crippen LogP contribution in [0.5, 0.6) is 0 Å². The number of nitrogens with one attached hydrogen (secondary N) is 1. The van der Waals surface area contributed by atoms with Crippen molar-refractivity contribution in [2.45, 2.75) is 123 Å². The van der Waals surface area contributed by atoms with E-state index in [2.05, 4.69) is 12.2 Å². The molecule has 0 saturated heterocycles. The molecule has 0 aromatic rings. The van der Waals surface area contributed by atoms with E-state index in [-0.39, 0.29) is 12.6 Å². The molecule has 0 radical (unpaired) electrons. The Labute approximate surface area is 369 Å². The van der Waals surface area contributed by atoms with E-state index in [1.807, 2.05) is 20.8 Å². The number of alkyl carbamates (subject to hydrolysis) is 1. The van der Waals surface area contributed by atoms with Crippen LogP contribution in [0.4, 0.5) is 4.79 Å². The molecular formula is C45H89NO15. The van der Waals surface area contributed by atoms with Crippen molar-refractivity contribution in [3.63, 3.8) is 0 Å². The van der Waals surface area contributed by atoms with Crippen molar-refractivity contribution in [3.8, 4) is 0 Å². The summed E-state index contributed by atoms with van der Waals surface area (Å²) in [7, 11) is 0. The highest BCUT2D eigenvalue weighted by Gasteiger charge is 2.15. The first-order valence-electron chi connectivity index (χ1n) is 23.3. The third-order valence-corrected chi connectivity index (χ3v) is 8.61. The summed E-state index contributed by atoms with van der Waals surface area (Å²) in [4.78, 5) is 23.4. The Morgan fingerprint density at radius 3 is 0.918 bits per heavy atom. The summed E-state index contributed by atoms with van der Waals surface area (Å²) in [5, 5.41) is 2.63. The summed E-state index contributed by atoms with van der Waals surface area (Å²) in [6, 6.07) is 0. The number of hydrogen-bond donors (Lipinski definition) is 1. The molecule has 0 bridgehead atoms. The Morgan fingerprint density at radius 2 is 0.623 bits per heavy atom. The number of carbonyl (C=O) groups is 2. The Kier molecular flexibility index (Phi) is 47.9. The minimum absolute atomic E-state index is 0.136. The smallest absolute Gasteiger partial charge is 0.407 e. The standard InChI is InChI=1S/C45H89NO15/c1-5-6-7-8-9-10-11-12-13-14-15-16-17-18-43(47)60-42-41-59-40-39-58-38-37-57-36-35-56-34-33-55-32-31-54-30-29-53-28-27-52-26-25-51-24-23-50-22-21-49-20-19-46-44(48)61-45(2,3)4/h5-42H2,1-4H3,(H,46,48). The summed E-state index contributed by atoms with van der Waals surface area (Å²) >= 11 is 0. The van der Waals surface area contributed by atoms with E-state index in [1.54, 1.807) is 0 Å². The van der Waals surface area contributed by atoms with Gasteiger partial charge in [0.2, 0.25) is 0 Å². The fourth-order valence-electron chi connectivity index (χ4n) is 5.41. The van der Waals surface area contributed by atoms with Crippen molar-refractivity contribution in [1.82, 2.24) is 5.32 Å². The highest BCUT2D eigenvalue weighted by molar-refractivity contribution is 5.69. The number of carbonyl (C=O) groups excluding carboxylic acids is 2. The first-order valence-corrected chi connectivity index (χ1v) is 23.3. The second-order valence-electron chi connectivity index (χ2n) is 15.4. The van der Waals surface area contributed by atoms with E-state index in [4.69, 9.17) is 61.6 Å². The van der Waals surface area contributed by atoms with Gasteiger partial charge in [-0.05, 0) is 27.2 Å². The quantitative estimate of drug-likeness (QED) is 0.0505. The number of rotatable bonds is 50. The summed E-state index contributed by atoms with van der Waals surface area (Å²) < 4.78 is 70.7. The average Bonchev–Trinajstić information content (AvgIpc) is 3.23. The van der Waals surface area contributed by atoms with E-state index < -0.39 is 11.7 Å². The summed E-state index contributed by atoms with van der Waals surface area (Å²) in [6.45, 7) is 18.7. The molecule has 61 heavy (non-hydrogen) atoms. The molecule has 0 atom stereocenters. The van der Waals surface area contributed by atoms with Gasteiger partial charge >= 0.3 is 12.1 Å². The molecule has 0 aliphatic carbocycles. The zero-order valence-corrected chi connectivity index (χ0v) is 39.0. The topological polar surface area (TPSA) is 166 Å². The summed E-state index contributed by atoms with van der Waals surface area (Å²) in [6.07, 6.45) is 16.8. The molecule has 364 valence electrons. The lowest BCUT2D eigenvalue weighted by Gasteiger charge is -2.19. The molecule has 0 rings (SSSR count). The van der Waals surface area contributed by atoms with Gasteiger partial charge in [0.05, 0.1) is 145 Å². The fraction of sp³-hybridized carbons (Fsp3) is 0.956. The van der Waals surface area contributed by atoms with Crippen LogP contribution in [0.3, 0.4) is 0 Å². The Hall–Kier alpha value is -1.70. The Balaban J connectivity index is 3.15. The van der Waals surface area contributed by atoms with Gasteiger partial charge in [0.1, 0.15) is 12.2 Å². The summed E-state index contributed by atoms with van der Waals surface area (Å²) in [5.74, 6) is -0.136. The van der Waals surface area contributed by atoms with Gasteiger partial charge in [0.15, 0.2) is 0 Å². The maximum absolute atomic E-state index is 11.9. The lowest BCUT2D eigenvalue weighted by atomic mass is 10.0. The number of hydrogen-bond acceptors (Lipinski definition) is 15. The molecule has 0 saturated carbocycles. The molecule has 0 fully saturated rings. The normalized spacial score (nSPS) is 11.7. The maximum Gasteiger partial charge on any atom is 0.407 e. The van der Waals surface area contributed by atoms with Crippen LogP contribution in [0, 0.1) is 0 Å². The Bertz CT molecular complexity index is 897. The third-order valence-electron chi connectivity index (χ3n) is 8.61. The third kappa shape index (κ3) is 54.4. The van der Waals surface area contributed by atoms with Crippen LogP contribution in [0.15, 0.2) is 0 Å². The van der Waals surface area contributed by atoms with E-state index in [0.29, 0.717) is 158 Å². The number of amides is 1. The Morgan fingerprint density at radius 1 is 0.361 bits per heavy atom. The molecule has 1 amide bonds. The van der Waals surface area contributed by atoms with Crippen molar-refractivity contribution in [2.75, 3.05) is 159 Å². The predicted molar refractivity (Wildman–Crippen MR) is 235 cm³/mol. The number of esters is 1. The molecule has 0 aliphatic rings. The van der Waals surface area contributed by atoms with E-state index in [9.17, 15) is 9.59 Å². The van der Waals surface area contributed by atoms with Gasteiger partial charge in [-0.1, -0.05) is 84.0 Å². The van der Waals surface area contributed by atoms with E-state index in [1.165, 1.54) is 70.6 Å². The van der Waals surface area contributed by atoms with Crippen molar-refractivity contribution in [1.29, 1.82) is 0 Å². The lowest BCUT2D eigenvalue weighted by Crippen LogP contribution is -2.34. The second-order valence-corrected chi connectivity index (χ2v) is 15.4. The van der Waals surface area contributed by atoms with Gasteiger partial charge in [0.25, 0.3) is 0 Å². The van der Waals surface area contributed by atoms with Crippen LogP contribution < -0.4 is 5.32 Å². The van der Waals surface area contributed by atoms with Crippen molar-refractivity contribution in [3.05, 3.63) is 0 Å². The molecule has 0 aliphatic heterocycles. The van der Waals surface area contributed by atoms with Gasteiger partial charge in [-0.2, -0.15) is 0 Å². The van der Waals surface area contributed by atoms with Crippen molar-refractivity contribution < 1.29 is 71.2 Å². The fourth-order valence-corrected chi connectivity index (χ4v) is 5.41. The minimum atomic E-state index is -0.516. The number of ether oxygens (including phenoxy) is 13. The second kappa shape index (κ2) is 49.3. The SMILES string of the molecule is CCCCCCCCCCCCCCCC(=O)OCCOCCOCCOCCOCCOCCOCCOCCOCCOCCOCCOCCNC(=O)OC(C)(C)C. The molecule has 0 aromatic carbocycles. The van der Waals surface area contributed by atoms with Crippen LogP contribution >= 0.6 is 0 Å². The van der Waals surface area contributed by atoms with Crippen LogP contribution in [0.2, 0.25) is 0 Å². The first-order chi connectivity index (χ1) is 29.8. The largest absolute Gasteiger partial charge is 0.463 e. The van der Waals surface area contributed by atoms with E-state index in [0.717, 1.165) is 12.8 Å². The van der Waals surface area contributed by atoms with Crippen molar-refractivity contribution in [2.24, 2.45) is 0 Å². The molecule has 1 N–H and O–H groups in total. The zero-order chi connectivity index (χ0) is 44.4. The van der Waals surface area contributed by atoms with E-state index >= 15 is 0 Å². The first kappa shape index (κ1) is 59.3. The van der Waals surface area contributed by atoms with Crippen LogP contribution in [-0.4, -0.2) is 176 Å². The molecule has 0 spiro atoms. The van der Waals surface area contributed by atoms with Gasteiger partial charge in [0, 0.05) is 13.0 Å². The van der Waals surface area contributed by atoms with Gasteiger partial charge < -0.3 is 66.9 Å². The molecular weight excluding hydrogens is 794 g/mol. The molecule has 16 heteroatoms. The maximum atomic E-state index is 11.9. The average molecular weight is 884 g/mol. The van der Waals surface area contributed by atoms with Gasteiger partial charge in [-0.25, -0.2) is 4.79 Å². The minimum Gasteiger partial charge on any atom is -0.463 e. The highest BCUT2D eigenvalue weighted by Crippen LogP contribution is 2.13. The molecule has 16 nitrogen and oxygen atoms in total. The van der Waals surface area contributed by atoms with Gasteiger partial charge in [-0.3, -0.25) is 4.79 Å². The van der Waals surface area contributed by atoms with Crippen LogP contribution in [-0.2, 0) is 66.4 Å². The lowest BCUT2D eigenvalue weighted by molar-refractivity contribution is -0.145. The van der Waals surface area contributed by atoms with Crippen LogP contribution in [0.25, 0.3) is 0 Å². The molecule has 0 unspecified atom stereocenters. The number of unbranched alkanes of at least 4 members (excludes halogenated alkanes) is 12. The predicted octanol–water partition coefficient (Wildman–Crippen LogP) is 6.72. The highest BCUT2D eigenvalue weighted by atomic mass is 16.6. The molecule has 0 aromatic heterocycles. The van der Waals surface area contributed by atoms with Gasteiger partial charge in [-0.15, -0.1) is 0 Å². The molecule has 0 heterocycles. The summed E-state index contributed by atoms with van der Waals surface area (Å²) in [5.41, 5.74) is -0.516. The monoisotopic (exact) mass is 884 g/mol. The van der Waals surface area contributed by atoms with Crippen molar-refractivity contribution >= 4 is 12.1 Å².